The number of hydrogen-bond acceptors (Lipinski definition) is 1. The molecule has 0 aromatic heterocycles. The lowest BCUT2D eigenvalue weighted by Gasteiger charge is -2.00. The average Bonchev–Trinajstić information content (AvgIpc) is 2.56. The zero-order valence-electron chi connectivity index (χ0n) is 7.77. The lowest BCUT2D eigenvalue weighted by atomic mass is 10.1. The number of fused-ring (bicyclic) bond motifs is 1. The molecule has 13 heavy (non-hydrogen) atoms. The van der Waals surface area contributed by atoms with E-state index >= 15 is 0 Å². The number of aryl methyl sites for hydroxylation is 2. The molecular weight excluding hydrogens is 183 g/mol. The predicted octanol–water partition coefficient (Wildman–Crippen LogP) is 3.58. The van der Waals surface area contributed by atoms with Crippen molar-refractivity contribution < 1.29 is 4.39 Å². The van der Waals surface area contributed by atoms with Gasteiger partial charge in [0.15, 0.2) is 0 Å². The van der Waals surface area contributed by atoms with Crippen LogP contribution in [0.25, 0.3) is 0 Å². The van der Waals surface area contributed by atoms with Gasteiger partial charge in [-0.1, -0.05) is 0 Å². The molecule has 2 rings (SSSR count). The van der Waals surface area contributed by atoms with E-state index in [4.69, 9.17) is 0 Å². The average molecular weight is 196 g/mol. The summed E-state index contributed by atoms with van der Waals surface area (Å²) >= 11 is 1.82. The van der Waals surface area contributed by atoms with Crippen LogP contribution in [0.4, 0.5) is 4.39 Å². The topological polar surface area (TPSA) is 0 Å². The third-order valence-electron chi connectivity index (χ3n) is 1.97. The van der Waals surface area contributed by atoms with Gasteiger partial charge in [-0.3, -0.25) is 0 Å². The van der Waals surface area contributed by atoms with Crippen LogP contribution in [-0.2, 0) is 6.42 Å². The van der Waals surface area contributed by atoms with E-state index < -0.39 is 0 Å². The van der Waals surface area contributed by atoms with Crippen LogP contribution in [0.2, 0.25) is 0 Å². The lowest BCUT2D eigenvalue weighted by Crippen LogP contribution is -1.86. The van der Waals surface area contributed by atoms with E-state index in [-0.39, 0.29) is 5.82 Å². The second-order valence-electron chi connectivity index (χ2n) is 2.81. The summed E-state index contributed by atoms with van der Waals surface area (Å²) in [7, 11) is 0. The Morgan fingerprint density at radius 2 is 2.08 bits per heavy atom. The molecule has 0 aliphatic carbocycles. The molecule has 2 heteroatoms. The van der Waals surface area contributed by atoms with Crippen LogP contribution < -0.4 is 0 Å². The molecule has 1 heterocycles. The highest BCUT2D eigenvalue weighted by Crippen LogP contribution is 2.32. The molecule has 0 fully saturated rings. The van der Waals surface area contributed by atoms with Gasteiger partial charge in [-0.2, -0.15) is 0 Å². The van der Waals surface area contributed by atoms with Gasteiger partial charge in [-0.25, -0.2) is 4.39 Å². The molecule has 0 N–H and O–H groups in total. The van der Waals surface area contributed by atoms with E-state index in [1.165, 1.54) is 10.5 Å². The molecule has 0 radical (unpaired) electrons. The Hall–Kier alpha value is -0.760. The molecule has 0 unspecified atom stereocenters. The van der Waals surface area contributed by atoms with Gasteiger partial charge in [-0.15, -0.1) is 24.9 Å². The van der Waals surface area contributed by atoms with E-state index in [0.29, 0.717) is 0 Å². The van der Waals surface area contributed by atoms with E-state index in [1.54, 1.807) is 6.07 Å². The smallest absolute Gasteiger partial charge is 0.126 e. The molecule has 1 aliphatic rings. The molecule has 0 nitrogen and oxygen atoms in total. The second-order valence-corrected chi connectivity index (χ2v) is 3.94. The van der Waals surface area contributed by atoms with Gasteiger partial charge in [0.25, 0.3) is 0 Å². The maximum Gasteiger partial charge on any atom is 0.126 e. The summed E-state index contributed by atoms with van der Waals surface area (Å²) in [6.07, 6.45) is 1.02. The maximum absolute atomic E-state index is 13.0. The third kappa shape index (κ3) is 2.13. The Balaban J connectivity index is 0.000000396. The monoisotopic (exact) mass is 196 g/mol. The number of rotatable bonds is 0. The van der Waals surface area contributed by atoms with Gasteiger partial charge in [0, 0.05) is 10.6 Å². The Morgan fingerprint density at radius 3 is 2.77 bits per heavy atom. The number of hydrogen-bond donors (Lipinski definition) is 0. The van der Waals surface area contributed by atoms with Crippen LogP contribution in [0.5, 0.6) is 0 Å². The molecule has 0 saturated heterocycles. The number of benzene rings is 1. The molecule has 1 aromatic carbocycles. The summed E-state index contributed by atoms with van der Waals surface area (Å²) in [5.74, 6) is 1.05. The molecule has 1 aliphatic heterocycles. The van der Waals surface area contributed by atoms with Gasteiger partial charge >= 0.3 is 0 Å². The minimum absolute atomic E-state index is 0.0637. The molecule has 0 bridgehead atoms. The summed E-state index contributed by atoms with van der Waals surface area (Å²) in [6.45, 7) is 7.81. The van der Waals surface area contributed by atoms with Crippen LogP contribution in [0.15, 0.2) is 30.2 Å². The van der Waals surface area contributed by atoms with Gasteiger partial charge in [0.05, 0.1) is 0 Å². The largest absolute Gasteiger partial charge is 0.207 e. The Kier molecular flexibility index (Phi) is 3.55. The zero-order valence-corrected chi connectivity index (χ0v) is 8.59. The minimum Gasteiger partial charge on any atom is -0.207 e. The van der Waals surface area contributed by atoms with E-state index in [0.717, 1.165) is 17.7 Å². The van der Waals surface area contributed by atoms with E-state index in [1.807, 2.05) is 24.8 Å². The van der Waals surface area contributed by atoms with Crippen LogP contribution in [-0.4, -0.2) is 5.75 Å². The van der Waals surface area contributed by atoms with Crippen LogP contribution in [0.1, 0.15) is 11.1 Å². The van der Waals surface area contributed by atoms with Gasteiger partial charge in [0.2, 0.25) is 0 Å². The van der Waals surface area contributed by atoms with Crippen molar-refractivity contribution in [3.05, 3.63) is 42.2 Å². The normalized spacial score (nSPS) is 13.1. The Bertz CT molecular complexity index is 278. The fourth-order valence-corrected chi connectivity index (χ4v) is 2.45. The van der Waals surface area contributed by atoms with Crippen molar-refractivity contribution in [2.45, 2.75) is 18.2 Å². The molecular formula is C11H13FS. The first-order chi connectivity index (χ1) is 6.27. The SMILES string of the molecule is C=C.Cc1cc2c(cc1F)CCS2. The molecule has 0 amide bonds. The first kappa shape index (κ1) is 10.3. The highest BCUT2D eigenvalue weighted by molar-refractivity contribution is 7.99. The standard InChI is InChI=1S/C9H9FS.C2H4/c1-6-4-9-7(2-3-11-9)5-8(6)10;1-2/h4-5H,2-3H2,1H3;1-2H2. The van der Waals surface area contributed by atoms with Crippen molar-refractivity contribution in [1.29, 1.82) is 0 Å². The summed E-state index contributed by atoms with van der Waals surface area (Å²) in [4.78, 5) is 1.27. The summed E-state index contributed by atoms with van der Waals surface area (Å²) < 4.78 is 13.0. The van der Waals surface area contributed by atoms with Crippen molar-refractivity contribution in [2.75, 3.05) is 5.75 Å². The maximum atomic E-state index is 13.0. The molecule has 0 saturated carbocycles. The molecule has 0 atom stereocenters. The Morgan fingerprint density at radius 1 is 1.38 bits per heavy atom. The van der Waals surface area contributed by atoms with Crippen LogP contribution in [0.3, 0.4) is 0 Å². The first-order valence-corrected chi connectivity index (χ1v) is 5.18. The summed E-state index contributed by atoms with van der Waals surface area (Å²) in [5.41, 5.74) is 1.94. The lowest BCUT2D eigenvalue weighted by molar-refractivity contribution is 0.615. The summed E-state index contributed by atoms with van der Waals surface area (Å²) in [6, 6.07) is 3.62. The van der Waals surface area contributed by atoms with Crippen LogP contribution in [0, 0.1) is 12.7 Å². The predicted molar refractivity (Wildman–Crippen MR) is 56.8 cm³/mol. The van der Waals surface area contributed by atoms with Crippen LogP contribution >= 0.6 is 11.8 Å². The quantitative estimate of drug-likeness (QED) is 0.571. The van der Waals surface area contributed by atoms with Crippen molar-refractivity contribution in [1.82, 2.24) is 0 Å². The van der Waals surface area contributed by atoms with E-state index in [9.17, 15) is 4.39 Å². The minimum atomic E-state index is -0.0637. The van der Waals surface area contributed by atoms with Crippen molar-refractivity contribution in [3.63, 3.8) is 0 Å². The highest BCUT2D eigenvalue weighted by Gasteiger charge is 2.12. The fourth-order valence-electron chi connectivity index (χ4n) is 1.30. The molecule has 70 valence electrons. The number of halogens is 1. The third-order valence-corrected chi connectivity index (χ3v) is 3.07. The van der Waals surface area contributed by atoms with Crippen molar-refractivity contribution >= 4 is 11.8 Å². The van der Waals surface area contributed by atoms with Gasteiger partial charge in [-0.05, 0) is 36.6 Å². The van der Waals surface area contributed by atoms with Gasteiger partial charge < -0.3 is 0 Å². The Labute approximate surface area is 82.9 Å². The number of thioether (sulfide) groups is 1. The fraction of sp³-hybridized carbons (Fsp3) is 0.273. The second kappa shape index (κ2) is 4.47. The van der Waals surface area contributed by atoms with Crippen molar-refractivity contribution in [3.8, 4) is 0 Å². The van der Waals surface area contributed by atoms with Crippen molar-refractivity contribution in [2.24, 2.45) is 0 Å². The highest BCUT2D eigenvalue weighted by atomic mass is 32.2. The molecule has 1 aromatic rings. The van der Waals surface area contributed by atoms with Gasteiger partial charge in [0.1, 0.15) is 5.82 Å². The zero-order chi connectivity index (χ0) is 9.84. The summed E-state index contributed by atoms with van der Waals surface area (Å²) in [5, 5.41) is 0. The first-order valence-electron chi connectivity index (χ1n) is 4.19. The van der Waals surface area contributed by atoms with E-state index in [2.05, 4.69) is 13.2 Å². The molecule has 0 spiro atoms.